The van der Waals surface area contributed by atoms with Crippen LogP contribution in [0.4, 0.5) is 0 Å². The Morgan fingerprint density at radius 3 is 2.50 bits per heavy atom. The zero-order valence-corrected chi connectivity index (χ0v) is 16.9. The maximum absolute atomic E-state index is 12.5. The zero-order chi connectivity index (χ0) is 19.9. The first kappa shape index (κ1) is 20.8. The van der Waals surface area contributed by atoms with E-state index in [1.165, 1.54) is 28.8 Å². The maximum Gasteiger partial charge on any atom is 0.227 e. The molecule has 0 bridgehead atoms. The molecule has 1 saturated heterocycles. The summed E-state index contributed by atoms with van der Waals surface area (Å²) in [5.41, 5.74) is 2.16. The van der Waals surface area contributed by atoms with Gasteiger partial charge in [-0.15, -0.1) is 0 Å². The van der Waals surface area contributed by atoms with Gasteiger partial charge in [0.25, 0.3) is 0 Å². The number of carbonyl (C=O) groups excluding carboxylic acids is 1. The van der Waals surface area contributed by atoms with E-state index in [2.05, 4.69) is 40.8 Å². The Hall–Kier alpha value is -1.89. The summed E-state index contributed by atoms with van der Waals surface area (Å²) in [5.74, 6) is -0.0616. The highest BCUT2D eigenvalue weighted by atomic mass is 16.3. The van der Waals surface area contributed by atoms with Crippen molar-refractivity contribution >= 4 is 16.8 Å². The molecular weight excluding hydrogens is 354 g/mol. The summed E-state index contributed by atoms with van der Waals surface area (Å²) >= 11 is 0. The van der Waals surface area contributed by atoms with E-state index in [1.807, 2.05) is 6.07 Å². The van der Waals surface area contributed by atoms with Gasteiger partial charge in [0, 0.05) is 43.9 Å². The van der Waals surface area contributed by atoms with Crippen LogP contribution >= 0.6 is 0 Å². The number of aromatic nitrogens is 1. The molecule has 2 heterocycles. The Balaban J connectivity index is 1.73. The molecule has 28 heavy (non-hydrogen) atoms. The van der Waals surface area contributed by atoms with E-state index >= 15 is 0 Å². The third-order valence-corrected chi connectivity index (χ3v) is 5.73. The second-order valence-corrected chi connectivity index (χ2v) is 7.69. The zero-order valence-electron chi connectivity index (χ0n) is 16.9. The lowest BCUT2D eigenvalue weighted by Crippen LogP contribution is -2.36. The van der Waals surface area contributed by atoms with Gasteiger partial charge in [-0.3, -0.25) is 4.79 Å². The predicted octanol–water partition coefficient (Wildman–Crippen LogP) is 2.04. The highest BCUT2D eigenvalue weighted by Gasteiger charge is 2.21. The molecule has 1 aliphatic heterocycles. The lowest BCUT2D eigenvalue weighted by molar-refractivity contribution is -0.131. The van der Waals surface area contributed by atoms with Crippen molar-refractivity contribution in [2.24, 2.45) is 0 Å². The minimum absolute atomic E-state index is 0.0616. The number of carbonyl (C=O) groups is 1. The number of hydrogen-bond acceptors (Lipinski definition) is 4. The monoisotopic (exact) mass is 387 g/mol. The van der Waals surface area contributed by atoms with Crippen LogP contribution in [-0.2, 0) is 11.2 Å². The Morgan fingerprint density at radius 2 is 1.86 bits per heavy atom. The van der Waals surface area contributed by atoms with Crippen molar-refractivity contribution in [3.8, 4) is 0 Å². The fourth-order valence-electron chi connectivity index (χ4n) is 4.25. The van der Waals surface area contributed by atoms with Gasteiger partial charge >= 0.3 is 0 Å². The van der Waals surface area contributed by atoms with Crippen LogP contribution in [0.15, 0.2) is 30.5 Å². The van der Waals surface area contributed by atoms with E-state index in [1.54, 1.807) is 0 Å². The third-order valence-electron chi connectivity index (χ3n) is 5.73. The number of rotatable bonds is 9. The van der Waals surface area contributed by atoms with Crippen LogP contribution in [0.1, 0.15) is 37.8 Å². The molecule has 6 heteroatoms. The molecule has 1 amide bonds. The van der Waals surface area contributed by atoms with Crippen molar-refractivity contribution in [2.75, 3.05) is 45.9 Å². The van der Waals surface area contributed by atoms with Crippen molar-refractivity contribution in [1.82, 2.24) is 14.4 Å². The lowest BCUT2D eigenvalue weighted by Gasteiger charge is -2.33. The lowest BCUT2D eigenvalue weighted by atomic mass is 10.0. The molecule has 2 aromatic rings. The van der Waals surface area contributed by atoms with Crippen LogP contribution in [0, 0.1) is 0 Å². The van der Waals surface area contributed by atoms with Gasteiger partial charge in [-0.05, 0) is 48.9 Å². The minimum Gasteiger partial charge on any atom is -0.395 e. The molecule has 0 aliphatic carbocycles. The smallest absolute Gasteiger partial charge is 0.227 e. The van der Waals surface area contributed by atoms with Crippen LogP contribution in [0.25, 0.3) is 10.9 Å². The van der Waals surface area contributed by atoms with E-state index in [0.717, 1.165) is 31.5 Å². The number of hydrogen-bond donors (Lipinski definition) is 2. The molecule has 3 rings (SSSR count). The summed E-state index contributed by atoms with van der Waals surface area (Å²) < 4.78 is 2.38. The third kappa shape index (κ3) is 4.93. The van der Waals surface area contributed by atoms with Gasteiger partial charge in [-0.1, -0.05) is 19.1 Å². The van der Waals surface area contributed by atoms with Crippen molar-refractivity contribution in [3.05, 3.63) is 36.0 Å². The van der Waals surface area contributed by atoms with E-state index in [0.29, 0.717) is 6.04 Å². The van der Waals surface area contributed by atoms with Crippen LogP contribution in [-0.4, -0.2) is 76.4 Å². The van der Waals surface area contributed by atoms with Crippen molar-refractivity contribution in [3.63, 3.8) is 0 Å². The molecule has 1 fully saturated rings. The first-order valence-electron chi connectivity index (χ1n) is 10.5. The molecule has 1 aromatic carbocycles. The molecular formula is C22H33N3O3. The average molecular weight is 388 g/mol. The molecule has 6 nitrogen and oxygen atoms in total. The van der Waals surface area contributed by atoms with Gasteiger partial charge < -0.3 is 24.6 Å². The SMILES string of the molecule is CCCN1CCC(n2ccc3ccc(CC(=O)N(CCO)CCO)cc32)CC1. The minimum atomic E-state index is -0.0929. The van der Waals surface area contributed by atoms with Crippen LogP contribution in [0.5, 0.6) is 0 Å². The first-order valence-corrected chi connectivity index (χ1v) is 10.5. The maximum atomic E-state index is 12.5. The highest BCUT2D eigenvalue weighted by molar-refractivity contribution is 5.84. The van der Waals surface area contributed by atoms with Crippen molar-refractivity contribution < 1.29 is 15.0 Å². The summed E-state index contributed by atoms with van der Waals surface area (Å²) in [4.78, 5) is 16.6. The number of likely N-dealkylation sites (tertiary alicyclic amines) is 1. The summed E-state index contributed by atoms with van der Waals surface area (Å²) in [5, 5.41) is 19.5. The summed E-state index contributed by atoms with van der Waals surface area (Å²) in [7, 11) is 0. The number of aliphatic hydroxyl groups is 2. The molecule has 0 atom stereocenters. The standard InChI is InChI=1S/C22H33N3O3/c1-2-8-23-9-6-20(7-10-23)25-11-5-19-4-3-18(16-21(19)25)17-22(28)24(12-14-26)13-15-27/h3-5,11,16,20,26-27H,2,6-10,12-15,17H2,1H3. The molecule has 1 aromatic heterocycles. The number of fused-ring (bicyclic) bond motifs is 1. The number of nitrogens with zero attached hydrogens (tertiary/aromatic N) is 3. The van der Waals surface area contributed by atoms with Crippen LogP contribution in [0.2, 0.25) is 0 Å². The molecule has 0 saturated carbocycles. The number of piperidine rings is 1. The number of amides is 1. The molecule has 2 N–H and O–H groups in total. The number of benzene rings is 1. The highest BCUT2D eigenvalue weighted by Crippen LogP contribution is 2.28. The second kappa shape index (κ2) is 10.0. The van der Waals surface area contributed by atoms with Gasteiger partial charge in [-0.25, -0.2) is 0 Å². The van der Waals surface area contributed by atoms with Crippen LogP contribution in [0.3, 0.4) is 0 Å². The normalized spacial score (nSPS) is 16.0. The molecule has 154 valence electrons. The fraction of sp³-hybridized carbons (Fsp3) is 0.591. The Morgan fingerprint density at radius 1 is 1.14 bits per heavy atom. The molecule has 0 radical (unpaired) electrons. The first-order chi connectivity index (χ1) is 13.7. The van der Waals surface area contributed by atoms with Gasteiger partial charge in [0.05, 0.1) is 19.6 Å². The summed E-state index contributed by atoms with van der Waals surface area (Å²) in [6.07, 6.45) is 6.00. The van der Waals surface area contributed by atoms with E-state index in [-0.39, 0.29) is 38.6 Å². The van der Waals surface area contributed by atoms with E-state index in [9.17, 15) is 4.79 Å². The predicted molar refractivity (Wildman–Crippen MR) is 111 cm³/mol. The average Bonchev–Trinajstić information content (AvgIpc) is 3.12. The summed E-state index contributed by atoms with van der Waals surface area (Å²) in [6.45, 7) is 6.04. The second-order valence-electron chi connectivity index (χ2n) is 7.69. The van der Waals surface area contributed by atoms with Crippen molar-refractivity contribution in [1.29, 1.82) is 0 Å². The largest absolute Gasteiger partial charge is 0.395 e. The fourth-order valence-corrected chi connectivity index (χ4v) is 4.25. The Kier molecular flexibility index (Phi) is 7.48. The summed E-state index contributed by atoms with van der Waals surface area (Å²) in [6, 6.07) is 8.88. The molecule has 0 spiro atoms. The van der Waals surface area contributed by atoms with Crippen LogP contribution < -0.4 is 0 Å². The van der Waals surface area contributed by atoms with Gasteiger partial charge in [0.1, 0.15) is 0 Å². The quantitative estimate of drug-likeness (QED) is 0.691. The van der Waals surface area contributed by atoms with Gasteiger partial charge in [0.15, 0.2) is 0 Å². The molecule has 1 aliphatic rings. The van der Waals surface area contributed by atoms with E-state index in [4.69, 9.17) is 10.2 Å². The number of aliphatic hydroxyl groups excluding tert-OH is 2. The Labute approximate surface area is 167 Å². The Bertz CT molecular complexity index is 759. The van der Waals surface area contributed by atoms with Crippen molar-refractivity contribution in [2.45, 2.75) is 38.6 Å². The van der Waals surface area contributed by atoms with Gasteiger partial charge in [0.2, 0.25) is 5.91 Å². The van der Waals surface area contributed by atoms with E-state index < -0.39 is 0 Å². The molecule has 0 unspecified atom stereocenters. The topological polar surface area (TPSA) is 68.9 Å². The van der Waals surface area contributed by atoms with Gasteiger partial charge in [-0.2, -0.15) is 0 Å².